The average Bonchev–Trinajstić information content (AvgIpc) is 2.04. The summed E-state index contributed by atoms with van der Waals surface area (Å²) in [5.41, 5.74) is 1.65. The van der Waals surface area contributed by atoms with Crippen LogP contribution in [0.15, 0.2) is 11.6 Å². The Labute approximate surface area is 73.8 Å². The van der Waals surface area contributed by atoms with Crippen LogP contribution >= 0.6 is 11.8 Å². The van der Waals surface area contributed by atoms with E-state index in [0.29, 0.717) is 0 Å². The molecule has 0 unspecified atom stereocenters. The van der Waals surface area contributed by atoms with Gasteiger partial charge in [0.05, 0.1) is 0 Å². The van der Waals surface area contributed by atoms with Crippen LogP contribution in [0.2, 0.25) is 0 Å². The van der Waals surface area contributed by atoms with E-state index < -0.39 is 0 Å². The van der Waals surface area contributed by atoms with Crippen LogP contribution < -0.4 is 0 Å². The zero-order valence-corrected chi connectivity index (χ0v) is 8.28. The zero-order valence-electron chi connectivity index (χ0n) is 7.47. The minimum Gasteiger partial charge on any atom is -0.302 e. The van der Waals surface area contributed by atoms with Gasteiger partial charge >= 0.3 is 0 Å². The summed E-state index contributed by atoms with van der Waals surface area (Å²) < 4.78 is 0. The molecule has 0 aromatic carbocycles. The molecule has 0 spiro atoms. The van der Waals surface area contributed by atoms with E-state index in [1.165, 1.54) is 24.5 Å². The molecule has 2 heteroatoms. The molecule has 0 aliphatic carbocycles. The second-order valence-electron chi connectivity index (χ2n) is 3.01. The van der Waals surface area contributed by atoms with Gasteiger partial charge in [-0.15, -0.1) is 0 Å². The van der Waals surface area contributed by atoms with Crippen LogP contribution in [0.1, 0.15) is 13.3 Å². The smallest absolute Gasteiger partial charge is 0.0163 e. The fourth-order valence-electron chi connectivity index (χ4n) is 1.18. The van der Waals surface area contributed by atoms with E-state index in [-0.39, 0.29) is 0 Å². The van der Waals surface area contributed by atoms with E-state index in [9.17, 15) is 0 Å². The van der Waals surface area contributed by atoms with Crippen molar-refractivity contribution in [2.45, 2.75) is 13.3 Å². The molecular weight excluding hydrogens is 154 g/mol. The number of thioether (sulfide) groups is 1. The van der Waals surface area contributed by atoms with E-state index in [0.717, 1.165) is 6.54 Å². The highest BCUT2D eigenvalue weighted by molar-refractivity contribution is 7.99. The summed E-state index contributed by atoms with van der Waals surface area (Å²) in [6.45, 7) is 4.62. The van der Waals surface area contributed by atoms with Crippen LogP contribution in [-0.4, -0.2) is 36.5 Å². The van der Waals surface area contributed by atoms with Crippen molar-refractivity contribution in [2.75, 3.05) is 31.6 Å². The average molecular weight is 171 g/mol. The molecule has 0 N–H and O–H groups in total. The third kappa shape index (κ3) is 3.30. The predicted octanol–water partition coefficient (Wildman–Crippen LogP) is 2.00. The van der Waals surface area contributed by atoms with Gasteiger partial charge in [-0.25, -0.2) is 0 Å². The lowest BCUT2D eigenvalue weighted by atomic mass is 10.1. The topological polar surface area (TPSA) is 3.24 Å². The first-order valence-corrected chi connectivity index (χ1v) is 5.42. The molecule has 0 saturated heterocycles. The number of likely N-dealkylation sites (N-methyl/N-ethyl adjacent to an activating group) is 1. The normalized spacial score (nSPS) is 20.0. The van der Waals surface area contributed by atoms with Gasteiger partial charge in [0.15, 0.2) is 0 Å². The van der Waals surface area contributed by atoms with Crippen LogP contribution in [0, 0.1) is 0 Å². The van der Waals surface area contributed by atoms with Gasteiger partial charge in [-0.1, -0.05) is 18.6 Å². The van der Waals surface area contributed by atoms with Gasteiger partial charge in [-0.3, -0.25) is 0 Å². The molecule has 1 nitrogen and oxygen atoms in total. The Kier molecular flexibility index (Phi) is 4.02. The number of hydrogen-bond donors (Lipinski definition) is 0. The second kappa shape index (κ2) is 4.83. The van der Waals surface area contributed by atoms with Crippen molar-refractivity contribution in [3.05, 3.63) is 11.6 Å². The van der Waals surface area contributed by atoms with E-state index in [4.69, 9.17) is 0 Å². The lowest BCUT2D eigenvalue weighted by Crippen LogP contribution is -2.24. The number of nitrogens with zero attached hydrogens (tertiary/aromatic N) is 1. The van der Waals surface area contributed by atoms with Gasteiger partial charge in [0.1, 0.15) is 0 Å². The quantitative estimate of drug-likeness (QED) is 0.598. The van der Waals surface area contributed by atoms with Gasteiger partial charge in [-0.2, -0.15) is 11.8 Å². The maximum Gasteiger partial charge on any atom is 0.0163 e. The molecule has 1 aliphatic heterocycles. The molecule has 0 bridgehead atoms. The van der Waals surface area contributed by atoms with Gasteiger partial charge in [0.2, 0.25) is 0 Å². The summed E-state index contributed by atoms with van der Waals surface area (Å²) in [6, 6.07) is 0. The van der Waals surface area contributed by atoms with Crippen LogP contribution in [-0.2, 0) is 0 Å². The minimum absolute atomic E-state index is 1.15. The Morgan fingerprint density at radius 1 is 1.64 bits per heavy atom. The van der Waals surface area contributed by atoms with Crippen molar-refractivity contribution in [3.8, 4) is 0 Å². The third-order valence-electron chi connectivity index (χ3n) is 2.00. The van der Waals surface area contributed by atoms with Crippen molar-refractivity contribution in [1.82, 2.24) is 4.90 Å². The number of rotatable bonds is 3. The van der Waals surface area contributed by atoms with Gasteiger partial charge in [0, 0.05) is 18.8 Å². The third-order valence-corrected chi connectivity index (χ3v) is 2.98. The lowest BCUT2D eigenvalue weighted by molar-refractivity contribution is 0.359. The monoisotopic (exact) mass is 171 g/mol. The molecular formula is C9H17NS. The van der Waals surface area contributed by atoms with E-state index in [1.807, 2.05) is 11.8 Å². The SMILES string of the molecule is CCSCC1=CCN(C)CC1. The second-order valence-corrected chi connectivity index (χ2v) is 4.29. The van der Waals surface area contributed by atoms with Gasteiger partial charge in [-0.05, 0) is 19.2 Å². The lowest BCUT2D eigenvalue weighted by Gasteiger charge is -2.21. The van der Waals surface area contributed by atoms with Crippen molar-refractivity contribution < 1.29 is 0 Å². The van der Waals surface area contributed by atoms with Crippen molar-refractivity contribution >= 4 is 11.8 Å². The van der Waals surface area contributed by atoms with Crippen molar-refractivity contribution in [3.63, 3.8) is 0 Å². The van der Waals surface area contributed by atoms with Crippen molar-refractivity contribution in [1.29, 1.82) is 0 Å². The highest BCUT2D eigenvalue weighted by atomic mass is 32.2. The fraction of sp³-hybridized carbons (Fsp3) is 0.778. The first-order valence-electron chi connectivity index (χ1n) is 4.27. The first-order chi connectivity index (χ1) is 5.33. The molecule has 1 heterocycles. The van der Waals surface area contributed by atoms with E-state index >= 15 is 0 Å². The maximum atomic E-state index is 2.38. The summed E-state index contributed by atoms with van der Waals surface area (Å²) in [5.74, 6) is 2.50. The summed E-state index contributed by atoms with van der Waals surface area (Å²) >= 11 is 2.03. The molecule has 1 aliphatic rings. The highest BCUT2D eigenvalue weighted by Gasteiger charge is 2.06. The van der Waals surface area contributed by atoms with Gasteiger partial charge < -0.3 is 4.90 Å². The Bertz CT molecular complexity index is 142. The molecule has 0 aromatic heterocycles. The van der Waals surface area contributed by atoms with Crippen LogP contribution in [0.5, 0.6) is 0 Å². The molecule has 1 rings (SSSR count). The van der Waals surface area contributed by atoms with Gasteiger partial charge in [0.25, 0.3) is 0 Å². The number of hydrogen-bond acceptors (Lipinski definition) is 2. The summed E-state index contributed by atoms with van der Waals surface area (Å²) in [6.07, 6.45) is 3.66. The molecule has 0 fully saturated rings. The minimum atomic E-state index is 1.15. The molecule has 0 atom stereocenters. The molecule has 0 radical (unpaired) electrons. The molecule has 11 heavy (non-hydrogen) atoms. The Balaban J connectivity index is 2.24. The summed E-state index contributed by atoms with van der Waals surface area (Å²) in [5, 5.41) is 0. The van der Waals surface area contributed by atoms with Crippen LogP contribution in [0.25, 0.3) is 0 Å². The van der Waals surface area contributed by atoms with E-state index in [1.54, 1.807) is 5.57 Å². The standard InChI is InChI=1S/C9H17NS/c1-3-11-8-9-4-6-10(2)7-5-9/h4H,3,5-8H2,1-2H3. The van der Waals surface area contributed by atoms with Crippen LogP contribution in [0.4, 0.5) is 0 Å². The fourth-order valence-corrected chi connectivity index (χ4v) is 1.91. The largest absolute Gasteiger partial charge is 0.302 e. The summed E-state index contributed by atoms with van der Waals surface area (Å²) in [4.78, 5) is 2.36. The predicted molar refractivity (Wildman–Crippen MR) is 53.2 cm³/mol. The zero-order chi connectivity index (χ0) is 8.10. The highest BCUT2D eigenvalue weighted by Crippen LogP contribution is 2.14. The summed E-state index contributed by atoms with van der Waals surface area (Å²) in [7, 11) is 2.18. The Morgan fingerprint density at radius 2 is 2.45 bits per heavy atom. The Morgan fingerprint density at radius 3 is 3.00 bits per heavy atom. The molecule has 64 valence electrons. The maximum absolute atomic E-state index is 2.38. The molecule has 0 saturated carbocycles. The van der Waals surface area contributed by atoms with Crippen LogP contribution in [0.3, 0.4) is 0 Å². The first kappa shape index (κ1) is 9.14. The Hall–Kier alpha value is 0.0500. The molecule has 0 amide bonds. The van der Waals surface area contributed by atoms with Crippen molar-refractivity contribution in [2.24, 2.45) is 0 Å². The molecule has 0 aromatic rings. The van der Waals surface area contributed by atoms with E-state index in [2.05, 4.69) is 24.9 Å².